The van der Waals surface area contributed by atoms with E-state index in [1.807, 2.05) is 50.0 Å². The SMILES string of the molecule is C=O.CN(C)c1ccccc1Cl. The highest BCUT2D eigenvalue weighted by Gasteiger charge is 1.97. The highest BCUT2D eigenvalue weighted by atomic mass is 35.5. The monoisotopic (exact) mass is 185 g/mol. The molecule has 0 fully saturated rings. The average Bonchev–Trinajstić information content (AvgIpc) is 2.08. The predicted octanol–water partition coefficient (Wildman–Crippen LogP) is 2.22. The van der Waals surface area contributed by atoms with E-state index in [1.165, 1.54) is 0 Å². The molecule has 0 amide bonds. The van der Waals surface area contributed by atoms with Crippen molar-refractivity contribution in [2.45, 2.75) is 0 Å². The van der Waals surface area contributed by atoms with Gasteiger partial charge in [-0.15, -0.1) is 0 Å². The topological polar surface area (TPSA) is 20.3 Å². The number of hydrogen-bond acceptors (Lipinski definition) is 2. The molecule has 12 heavy (non-hydrogen) atoms. The van der Waals surface area contributed by atoms with Gasteiger partial charge in [-0.05, 0) is 12.1 Å². The molecule has 1 aromatic rings. The van der Waals surface area contributed by atoms with Gasteiger partial charge in [-0.3, -0.25) is 0 Å². The van der Waals surface area contributed by atoms with Crippen LogP contribution < -0.4 is 4.90 Å². The molecule has 0 bridgehead atoms. The van der Waals surface area contributed by atoms with Crippen molar-refractivity contribution < 1.29 is 4.79 Å². The zero-order valence-electron chi connectivity index (χ0n) is 7.25. The summed E-state index contributed by atoms with van der Waals surface area (Å²) >= 11 is 5.88. The quantitative estimate of drug-likeness (QED) is 0.669. The van der Waals surface area contributed by atoms with Gasteiger partial charge in [0.05, 0.1) is 10.7 Å². The smallest absolute Gasteiger partial charge is 0.106 e. The Morgan fingerprint density at radius 3 is 2.08 bits per heavy atom. The van der Waals surface area contributed by atoms with E-state index in [9.17, 15) is 0 Å². The highest BCUT2D eigenvalue weighted by molar-refractivity contribution is 6.33. The number of benzene rings is 1. The summed E-state index contributed by atoms with van der Waals surface area (Å²) in [5.74, 6) is 0. The van der Waals surface area contributed by atoms with Crippen LogP contribution in [0.5, 0.6) is 0 Å². The molecule has 0 N–H and O–H groups in total. The van der Waals surface area contributed by atoms with Crippen LogP contribution in [-0.4, -0.2) is 20.9 Å². The van der Waals surface area contributed by atoms with Crippen LogP contribution in [0.3, 0.4) is 0 Å². The minimum Gasteiger partial charge on any atom is -0.376 e. The second-order valence-electron chi connectivity index (χ2n) is 2.35. The molecule has 3 heteroatoms. The lowest BCUT2D eigenvalue weighted by Crippen LogP contribution is -2.08. The molecule has 0 spiro atoms. The summed E-state index contributed by atoms with van der Waals surface area (Å²) < 4.78 is 0. The van der Waals surface area contributed by atoms with E-state index in [0.717, 1.165) is 10.7 Å². The molecule has 0 aliphatic rings. The first-order valence-corrected chi connectivity index (χ1v) is 3.80. The number of nitrogens with zero attached hydrogens (tertiary/aromatic N) is 1. The Balaban J connectivity index is 0.000000561. The van der Waals surface area contributed by atoms with E-state index < -0.39 is 0 Å². The van der Waals surface area contributed by atoms with Gasteiger partial charge in [0.15, 0.2) is 0 Å². The fraction of sp³-hybridized carbons (Fsp3) is 0.222. The summed E-state index contributed by atoms with van der Waals surface area (Å²) in [6.07, 6.45) is 0. The summed E-state index contributed by atoms with van der Waals surface area (Å²) in [6.45, 7) is 2.00. The molecule has 0 aromatic heterocycles. The molecule has 0 saturated carbocycles. The summed E-state index contributed by atoms with van der Waals surface area (Å²) in [6, 6.07) is 7.77. The zero-order valence-corrected chi connectivity index (χ0v) is 8.01. The Morgan fingerprint density at radius 1 is 1.25 bits per heavy atom. The van der Waals surface area contributed by atoms with Gasteiger partial charge in [0, 0.05) is 14.1 Å². The summed E-state index contributed by atoms with van der Waals surface area (Å²) in [5, 5.41) is 0.799. The molecular weight excluding hydrogens is 174 g/mol. The fourth-order valence-electron chi connectivity index (χ4n) is 0.814. The largest absolute Gasteiger partial charge is 0.376 e. The lowest BCUT2D eigenvalue weighted by molar-refractivity contribution is -0.0979. The third-order valence-electron chi connectivity index (χ3n) is 1.33. The number of carbonyl (C=O) groups is 1. The van der Waals surface area contributed by atoms with Crippen LogP contribution in [0.15, 0.2) is 24.3 Å². The second kappa shape index (κ2) is 5.61. The van der Waals surface area contributed by atoms with E-state index in [2.05, 4.69) is 0 Å². The van der Waals surface area contributed by atoms with E-state index in [0.29, 0.717) is 0 Å². The zero-order chi connectivity index (χ0) is 9.56. The summed E-state index contributed by atoms with van der Waals surface area (Å²) in [4.78, 5) is 9.99. The predicted molar refractivity (Wildman–Crippen MR) is 52.9 cm³/mol. The van der Waals surface area contributed by atoms with Crippen LogP contribution in [0.4, 0.5) is 5.69 Å². The molecule has 0 unspecified atom stereocenters. The molecule has 0 aliphatic carbocycles. The van der Waals surface area contributed by atoms with Crippen molar-refractivity contribution in [3.63, 3.8) is 0 Å². The van der Waals surface area contributed by atoms with Crippen molar-refractivity contribution in [2.75, 3.05) is 19.0 Å². The van der Waals surface area contributed by atoms with Crippen molar-refractivity contribution >= 4 is 24.1 Å². The molecule has 0 atom stereocenters. The van der Waals surface area contributed by atoms with Crippen molar-refractivity contribution in [1.29, 1.82) is 0 Å². The van der Waals surface area contributed by atoms with E-state index >= 15 is 0 Å². The van der Waals surface area contributed by atoms with Gasteiger partial charge in [-0.25, -0.2) is 0 Å². The van der Waals surface area contributed by atoms with Gasteiger partial charge in [-0.1, -0.05) is 23.7 Å². The molecule has 0 heterocycles. The normalized spacial score (nSPS) is 8.25. The lowest BCUT2D eigenvalue weighted by atomic mass is 10.3. The number of carbonyl (C=O) groups excluding carboxylic acids is 1. The Morgan fingerprint density at radius 2 is 1.75 bits per heavy atom. The van der Waals surface area contributed by atoms with Crippen LogP contribution >= 0.6 is 11.6 Å². The van der Waals surface area contributed by atoms with Gasteiger partial charge in [0.1, 0.15) is 6.79 Å². The van der Waals surface area contributed by atoms with Gasteiger partial charge in [-0.2, -0.15) is 0 Å². The summed E-state index contributed by atoms with van der Waals surface area (Å²) in [5.41, 5.74) is 1.06. The van der Waals surface area contributed by atoms with Crippen LogP contribution in [0.2, 0.25) is 5.02 Å². The maximum absolute atomic E-state index is 8.00. The number of para-hydroxylation sites is 1. The first kappa shape index (κ1) is 11.0. The minimum atomic E-state index is 0.799. The first-order valence-electron chi connectivity index (χ1n) is 3.42. The van der Waals surface area contributed by atoms with Crippen molar-refractivity contribution in [2.24, 2.45) is 0 Å². The molecule has 66 valence electrons. The van der Waals surface area contributed by atoms with Gasteiger partial charge in [0.2, 0.25) is 0 Å². The highest BCUT2D eigenvalue weighted by Crippen LogP contribution is 2.22. The van der Waals surface area contributed by atoms with Gasteiger partial charge >= 0.3 is 0 Å². The first-order chi connectivity index (χ1) is 5.72. The number of hydrogen-bond donors (Lipinski definition) is 0. The van der Waals surface area contributed by atoms with E-state index in [1.54, 1.807) is 0 Å². The fourth-order valence-corrected chi connectivity index (χ4v) is 1.12. The molecule has 0 radical (unpaired) electrons. The van der Waals surface area contributed by atoms with E-state index in [4.69, 9.17) is 16.4 Å². The number of rotatable bonds is 1. The van der Waals surface area contributed by atoms with Crippen LogP contribution in [0.1, 0.15) is 0 Å². The van der Waals surface area contributed by atoms with Crippen molar-refractivity contribution in [1.82, 2.24) is 0 Å². The Hall–Kier alpha value is -1.02. The Labute approximate surface area is 77.8 Å². The molecule has 2 nitrogen and oxygen atoms in total. The molecule has 0 aliphatic heterocycles. The maximum Gasteiger partial charge on any atom is 0.106 e. The Bertz CT molecular complexity index is 238. The van der Waals surface area contributed by atoms with Crippen LogP contribution in [0.25, 0.3) is 0 Å². The Kier molecular flexibility index (Phi) is 5.13. The third kappa shape index (κ3) is 2.93. The third-order valence-corrected chi connectivity index (χ3v) is 1.65. The van der Waals surface area contributed by atoms with Crippen LogP contribution in [-0.2, 0) is 4.79 Å². The number of anilines is 1. The standard InChI is InChI=1S/C8H10ClN.CH2O/c1-10(2)8-6-4-3-5-7(8)9;1-2/h3-6H,1-2H3;1H2. The van der Waals surface area contributed by atoms with Crippen molar-refractivity contribution in [3.05, 3.63) is 29.3 Å². The maximum atomic E-state index is 8.00. The van der Waals surface area contributed by atoms with Crippen LogP contribution in [0, 0.1) is 0 Å². The molecule has 0 saturated heterocycles. The van der Waals surface area contributed by atoms with Gasteiger partial charge < -0.3 is 9.69 Å². The lowest BCUT2D eigenvalue weighted by Gasteiger charge is -2.12. The molecular formula is C9H12ClNO. The average molecular weight is 186 g/mol. The molecule has 1 aromatic carbocycles. The second-order valence-corrected chi connectivity index (χ2v) is 2.75. The minimum absolute atomic E-state index is 0.799. The molecule has 1 rings (SSSR count). The van der Waals surface area contributed by atoms with E-state index in [-0.39, 0.29) is 0 Å². The summed E-state index contributed by atoms with van der Waals surface area (Å²) in [7, 11) is 3.95. The van der Waals surface area contributed by atoms with Crippen molar-refractivity contribution in [3.8, 4) is 0 Å². The van der Waals surface area contributed by atoms with Gasteiger partial charge in [0.25, 0.3) is 0 Å². The number of halogens is 1.